The summed E-state index contributed by atoms with van der Waals surface area (Å²) in [5.74, 6) is 0.675. The molecule has 2 aromatic rings. The van der Waals surface area contributed by atoms with E-state index in [0.29, 0.717) is 19.8 Å². The number of ether oxygens (including phenoxy) is 2. The zero-order valence-electron chi connectivity index (χ0n) is 15.8. The molecule has 140 valence electrons. The van der Waals surface area contributed by atoms with E-state index in [1.54, 1.807) is 0 Å². The summed E-state index contributed by atoms with van der Waals surface area (Å²) in [6.07, 6.45) is 0.927. The van der Waals surface area contributed by atoms with Crippen LogP contribution >= 0.6 is 0 Å². The minimum atomic E-state index is -0.0830. The number of nitrogens with one attached hydrogen (secondary N) is 2. The second kappa shape index (κ2) is 10.5. The quantitative estimate of drug-likeness (QED) is 0.631. The van der Waals surface area contributed by atoms with E-state index in [-0.39, 0.29) is 12.5 Å². The van der Waals surface area contributed by atoms with Gasteiger partial charge >= 0.3 is 0 Å². The molecular weight excluding hydrogens is 328 g/mol. The first-order valence-corrected chi connectivity index (χ1v) is 9.06. The Balaban J connectivity index is 1.83. The highest BCUT2D eigenvalue weighted by atomic mass is 16.5. The fourth-order valence-corrected chi connectivity index (χ4v) is 2.65. The van der Waals surface area contributed by atoms with Crippen LogP contribution in [0.2, 0.25) is 0 Å². The van der Waals surface area contributed by atoms with Crippen molar-refractivity contribution < 1.29 is 14.3 Å². The maximum Gasteiger partial charge on any atom is 0.243 e. The van der Waals surface area contributed by atoms with Gasteiger partial charge in [0.05, 0.1) is 13.2 Å². The number of benzene rings is 2. The SMILES string of the molecule is CCOCCOc1ccc(NC(=O)CNc2c(C)cccc2CC)cc1. The van der Waals surface area contributed by atoms with Gasteiger partial charge in [-0.2, -0.15) is 0 Å². The minimum absolute atomic E-state index is 0.0830. The van der Waals surface area contributed by atoms with Crippen LogP contribution in [0.3, 0.4) is 0 Å². The van der Waals surface area contributed by atoms with Crippen molar-refractivity contribution in [3.63, 3.8) is 0 Å². The Morgan fingerprint density at radius 2 is 1.81 bits per heavy atom. The van der Waals surface area contributed by atoms with E-state index in [9.17, 15) is 4.79 Å². The molecule has 0 aliphatic rings. The average molecular weight is 356 g/mol. The molecule has 0 radical (unpaired) electrons. The molecule has 26 heavy (non-hydrogen) atoms. The molecular formula is C21H28N2O3. The van der Waals surface area contributed by atoms with E-state index in [2.05, 4.69) is 23.6 Å². The number of carbonyl (C=O) groups excluding carboxylic acids is 1. The van der Waals surface area contributed by atoms with E-state index in [0.717, 1.165) is 29.1 Å². The van der Waals surface area contributed by atoms with Crippen molar-refractivity contribution >= 4 is 17.3 Å². The maximum absolute atomic E-state index is 12.2. The molecule has 0 atom stereocenters. The van der Waals surface area contributed by atoms with Crippen LogP contribution in [0.5, 0.6) is 5.75 Å². The fraction of sp³-hybridized carbons (Fsp3) is 0.381. The Labute approximate surface area is 155 Å². The summed E-state index contributed by atoms with van der Waals surface area (Å²) in [6.45, 7) is 8.10. The third kappa shape index (κ3) is 6.08. The van der Waals surface area contributed by atoms with Crippen molar-refractivity contribution in [3.8, 4) is 5.75 Å². The number of carbonyl (C=O) groups is 1. The molecule has 2 N–H and O–H groups in total. The number of amides is 1. The van der Waals surface area contributed by atoms with Crippen LogP contribution in [0.25, 0.3) is 0 Å². The first kappa shape index (κ1) is 19.8. The zero-order chi connectivity index (χ0) is 18.8. The summed E-state index contributed by atoms with van der Waals surface area (Å²) >= 11 is 0. The lowest BCUT2D eigenvalue weighted by molar-refractivity contribution is -0.114. The van der Waals surface area contributed by atoms with Crippen molar-refractivity contribution in [2.24, 2.45) is 0 Å². The van der Waals surface area contributed by atoms with Crippen LogP contribution in [0.4, 0.5) is 11.4 Å². The Morgan fingerprint density at radius 3 is 2.50 bits per heavy atom. The van der Waals surface area contributed by atoms with Crippen molar-refractivity contribution in [1.82, 2.24) is 0 Å². The third-order valence-electron chi connectivity index (χ3n) is 4.00. The van der Waals surface area contributed by atoms with Crippen LogP contribution in [-0.2, 0) is 16.0 Å². The molecule has 1 amide bonds. The molecule has 0 unspecified atom stereocenters. The maximum atomic E-state index is 12.2. The lowest BCUT2D eigenvalue weighted by Crippen LogP contribution is -2.22. The number of aryl methyl sites for hydroxylation is 2. The van der Waals surface area contributed by atoms with Gasteiger partial charge in [0, 0.05) is 18.0 Å². The predicted octanol–water partition coefficient (Wildman–Crippen LogP) is 4.02. The Morgan fingerprint density at radius 1 is 1.04 bits per heavy atom. The highest BCUT2D eigenvalue weighted by Crippen LogP contribution is 2.21. The van der Waals surface area contributed by atoms with Crippen LogP contribution in [0, 0.1) is 6.92 Å². The lowest BCUT2D eigenvalue weighted by atomic mass is 10.1. The molecule has 0 saturated heterocycles. The summed E-state index contributed by atoms with van der Waals surface area (Å²) in [4.78, 5) is 12.2. The van der Waals surface area contributed by atoms with Gasteiger partial charge < -0.3 is 20.1 Å². The molecule has 2 aromatic carbocycles. The van der Waals surface area contributed by atoms with Gasteiger partial charge in [-0.15, -0.1) is 0 Å². The van der Waals surface area contributed by atoms with Crippen LogP contribution < -0.4 is 15.4 Å². The summed E-state index contributed by atoms with van der Waals surface area (Å²) in [6, 6.07) is 13.5. The fourth-order valence-electron chi connectivity index (χ4n) is 2.65. The highest BCUT2D eigenvalue weighted by molar-refractivity contribution is 5.94. The molecule has 0 heterocycles. The lowest BCUT2D eigenvalue weighted by Gasteiger charge is -2.14. The highest BCUT2D eigenvalue weighted by Gasteiger charge is 2.07. The Bertz CT molecular complexity index is 699. The Hall–Kier alpha value is -2.53. The Kier molecular flexibility index (Phi) is 7.96. The molecule has 2 rings (SSSR count). The number of rotatable bonds is 10. The molecule has 0 aliphatic carbocycles. The molecule has 0 fully saturated rings. The first-order valence-electron chi connectivity index (χ1n) is 9.06. The van der Waals surface area contributed by atoms with Gasteiger partial charge in [0.25, 0.3) is 0 Å². The van der Waals surface area contributed by atoms with E-state index in [1.165, 1.54) is 5.56 Å². The summed E-state index contributed by atoms with van der Waals surface area (Å²) in [7, 11) is 0. The summed E-state index contributed by atoms with van der Waals surface area (Å²) in [5.41, 5.74) is 4.15. The monoisotopic (exact) mass is 356 g/mol. The average Bonchev–Trinajstić information content (AvgIpc) is 2.65. The number of hydrogen-bond acceptors (Lipinski definition) is 4. The van der Waals surface area contributed by atoms with Crippen LogP contribution in [0.1, 0.15) is 25.0 Å². The van der Waals surface area contributed by atoms with Crippen LogP contribution in [0.15, 0.2) is 42.5 Å². The second-order valence-electron chi connectivity index (χ2n) is 5.93. The second-order valence-corrected chi connectivity index (χ2v) is 5.93. The van der Waals surface area contributed by atoms with E-state index >= 15 is 0 Å². The molecule has 0 saturated carbocycles. The molecule has 0 aromatic heterocycles. The number of para-hydroxylation sites is 1. The van der Waals surface area contributed by atoms with Crippen molar-refractivity contribution in [2.45, 2.75) is 27.2 Å². The zero-order valence-corrected chi connectivity index (χ0v) is 15.8. The largest absolute Gasteiger partial charge is 0.491 e. The van der Waals surface area contributed by atoms with Gasteiger partial charge in [0.15, 0.2) is 0 Å². The number of hydrogen-bond donors (Lipinski definition) is 2. The van der Waals surface area contributed by atoms with E-state index in [1.807, 2.05) is 50.2 Å². The van der Waals surface area contributed by atoms with Crippen LogP contribution in [-0.4, -0.2) is 32.3 Å². The number of anilines is 2. The standard InChI is InChI=1S/C21H28N2O3/c1-4-17-8-6-7-16(3)21(17)22-15-20(24)23-18-9-11-19(12-10-18)26-14-13-25-5-2/h6-12,22H,4-5,13-15H2,1-3H3,(H,23,24). The molecule has 5 heteroatoms. The topological polar surface area (TPSA) is 59.6 Å². The molecule has 0 spiro atoms. The third-order valence-corrected chi connectivity index (χ3v) is 4.00. The van der Waals surface area contributed by atoms with Gasteiger partial charge in [-0.05, 0) is 55.7 Å². The summed E-state index contributed by atoms with van der Waals surface area (Å²) < 4.78 is 10.8. The van der Waals surface area contributed by atoms with Gasteiger partial charge in [-0.1, -0.05) is 25.1 Å². The predicted molar refractivity (Wildman–Crippen MR) is 106 cm³/mol. The van der Waals surface area contributed by atoms with Crippen molar-refractivity contribution in [3.05, 3.63) is 53.6 Å². The molecule has 0 bridgehead atoms. The first-order chi connectivity index (χ1) is 12.6. The van der Waals surface area contributed by atoms with Gasteiger partial charge in [0.2, 0.25) is 5.91 Å². The minimum Gasteiger partial charge on any atom is -0.491 e. The van der Waals surface area contributed by atoms with Gasteiger partial charge in [-0.25, -0.2) is 0 Å². The summed E-state index contributed by atoms with van der Waals surface area (Å²) in [5, 5.41) is 6.14. The smallest absolute Gasteiger partial charge is 0.243 e. The van der Waals surface area contributed by atoms with Gasteiger partial charge in [0.1, 0.15) is 12.4 Å². The van der Waals surface area contributed by atoms with Crippen molar-refractivity contribution in [2.75, 3.05) is 37.0 Å². The molecule has 0 aliphatic heterocycles. The van der Waals surface area contributed by atoms with E-state index in [4.69, 9.17) is 9.47 Å². The normalized spacial score (nSPS) is 10.4. The van der Waals surface area contributed by atoms with E-state index < -0.39 is 0 Å². The van der Waals surface area contributed by atoms with Crippen molar-refractivity contribution in [1.29, 1.82) is 0 Å². The molecule has 5 nitrogen and oxygen atoms in total. The van der Waals surface area contributed by atoms with Gasteiger partial charge in [-0.3, -0.25) is 4.79 Å².